The highest BCUT2D eigenvalue weighted by atomic mass is 127. The van der Waals surface area contributed by atoms with Gasteiger partial charge in [-0.1, -0.05) is 19.0 Å². The van der Waals surface area contributed by atoms with Gasteiger partial charge in [0.25, 0.3) is 0 Å². The Morgan fingerprint density at radius 2 is 2.17 bits per heavy atom. The van der Waals surface area contributed by atoms with Crippen molar-refractivity contribution >= 4 is 41.3 Å². The summed E-state index contributed by atoms with van der Waals surface area (Å²) >= 11 is 1.65. The van der Waals surface area contributed by atoms with Crippen LogP contribution in [0.2, 0.25) is 0 Å². The lowest BCUT2D eigenvalue weighted by atomic mass is 10.1. The topological polar surface area (TPSA) is 75.3 Å². The molecule has 0 fully saturated rings. The monoisotopic (exact) mass is 449 g/mol. The van der Waals surface area contributed by atoms with Gasteiger partial charge in [0.15, 0.2) is 11.7 Å². The summed E-state index contributed by atoms with van der Waals surface area (Å²) in [5, 5.41) is 10.6. The van der Waals surface area contributed by atoms with Crippen LogP contribution in [0.4, 0.5) is 0 Å². The Bertz CT molecular complexity index is 623. The number of nitrogens with zero attached hydrogens (tertiary/aromatic N) is 3. The Labute approximate surface area is 158 Å². The van der Waals surface area contributed by atoms with Gasteiger partial charge in [-0.2, -0.15) is 0 Å². The molecule has 0 spiro atoms. The summed E-state index contributed by atoms with van der Waals surface area (Å²) in [4.78, 5) is 9.99. The second-order valence-corrected chi connectivity index (χ2v) is 6.22. The Morgan fingerprint density at radius 1 is 1.39 bits per heavy atom. The van der Waals surface area contributed by atoms with E-state index in [9.17, 15) is 0 Å². The summed E-state index contributed by atoms with van der Waals surface area (Å²) in [6.07, 6.45) is 0. The lowest BCUT2D eigenvalue weighted by Gasteiger charge is -2.10. The molecular weight excluding hydrogens is 425 g/mol. The van der Waals surface area contributed by atoms with E-state index in [0.717, 1.165) is 36.2 Å². The van der Waals surface area contributed by atoms with Crippen LogP contribution < -0.4 is 10.6 Å². The van der Waals surface area contributed by atoms with Crippen LogP contribution in [-0.2, 0) is 13.1 Å². The van der Waals surface area contributed by atoms with Gasteiger partial charge in [0, 0.05) is 17.5 Å². The number of rotatable bonds is 6. The molecular formula is C15H24IN5OS. The number of nitrogens with one attached hydrogen (secondary N) is 2. The Hall–Kier alpha value is -1.16. The van der Waals surface area contributed by atoms with E-state index in [1.165, 1.54) is 4.88 Å². The van der Waals surface area contributed by atoms with Gasteiger partial charge < -0.3 is 15.2 Å². The third-order valence-corrected chi connectivity index (χ3v) is 4.10. The normalized spacial score (nSPS) is 11.4. The number of hydrogen-bond acceptors (Lipinski definition) is 5. The molecule has 23 heavy (non-hydrogen) atoms. The largest absolute Gasteiger partial charge is 0.359 e. The molecule has 0 aromatic carbocycles. The second-order valence-electron chi connectivity index (χ2n) is 5.28. The predicted octanol–water partition coefficient (Wildman–Crippen LogP) is 3.44. The molecule has 2 aromatic rings. The van der Waals surface area contributed by atoms with Gasteiger partial charge in [0.1, 0.15) is 6.54 Å². The average molecular weight is 449 g/mol. The maximum Gasteiger partial charge on any atom is 0.191 e. The van der Waals surface area contributed by atoms with E-state index in [1.807, 2.05) is 25.4 Å². The van der Waals surface area contributed by atoms with Crippen LogP contribution in [0.25, 0.3) is 0 Å². The van der Waals surface area contributed by atoms with E-state index in [0.29, 0.717) is 12.5 Å². The van der Waals surface area contributed by atoms with Crippen molar-refractivity contribution in [2.24, 2.45) is 4.99 Å². The molecule has 128 valence electrons. The van der Waals surface area contributed by atoms with E-state index in [4.69, 9.17) is 4.52 Å². The SMILES string of the molecule is CCNC(=NCc1cc(C(C)C)no1)NCc1scnc1C.I. The minimum atomic E-state index is 0. The van der Waals surface area contributed by atoms with E-state index in [1.54, 1.807) is 11.3 Å². The Kier molecular flexibility index (Phi) is 8.53. The van der Waals surface area contributed by atoms with Crippen LogP contribution >= 0.6 is 35.3 Å². The number of guanidine groups is 1. The number of aliphatic imine (C=N–C) groups is 1. The highest BCUT2D eigenvalue weighted by molar-refractivity contribution is 14.0. The smallest absolute Gasteiger partial charge is 0.191 e. The number of aryl methyl sites for hydroxylation is 1. The molecule has 0 radical (unpaired) electrons. The molecule has 0 unspecified atom stereocenters. The van der Waals surface area contributed by atoms with Crippen LogP contribution in [0.5, 0.6) is 0 Å². The molecule has 0 aliphatic rings. The molecule has 0 aliphatic heterocycles. The molecule has 0 atom stereocenters. The summed E-state index contributed by atoms with van der Waals surface area (Å²) in [5.74, 6) is 1.90. The van der Waals surface area contributed by atoms with Crippen molar-refractivity contribution in [3.8, 4) is 0 Å². The molecule has 2 rings (SSSR count). The van der Waals surface area contributed by atoms with Crippen molar-refractivity contribution in [1.82, 2.24) is 20.8 Å². The van der Waals surface area contributed by atoms with Crippen molar-refractivity contribution in [2.45, 2.75) is 46.7 Å². The van der Waals surface area contributed by atoms with Gasteiger partial charge in [0.05, 0.1) is 23.4 Å². The minimum Gasteiger partial charge on any atom is -0.359 e. The van der Waals surface area contributed by atoms with Gasteiger partial charge in [-0.05, 0) is 19.8 Å². The molecule has 0 amide bonds. The summed E-state index contributed by atoms with van der Waals surface area (Å²) in [6.45, 7) is 10.2. The van der Waals surface area contributed by atoms with Crippen LogP contribution in [0.3, 0.4) is 0 Å². The van der Waals surface area contributed by atoms with Crippen molar-refractivity contribution in [3.63, 3.8) is 0 Å². The first-order chi connectivity index (χ1) is 10.6. The number of thiazole rings is 1. The number of halogens is 1. The first-order valence-corrected chi connectivity index (χ1v) is 8.34. The maximum atomic E-state index is 5.30. The maximum absolute atomic E-state index is 5.30. The lowest BCUT2D eigenvalue weighted by Crippen LogP contribution is -2.36. The first-order valence-electron chi connectivity index (χ1n) is 7.46. The lowest BCUT2D eigenvalue weighted by molar-refractivity contribution is 0.376. The summed E-state index contributed by atoms with van der Waals surface area (Å²) < 4.78 is 5.30. The van der Waals surface area contributed by atoms with Crippen molar-refractivity contribution in [2.75, 3.05) is 6.54 Å². The summed E-state index contributed by atoms with van der Waals surface area (Å²) in [6, 6.07) is 1.96. The molecule has 2 heterocycles. The molecule has 6 nitrogen and oxygen atoms in total. The van der Waals surface area contributed by atoms with E-state index in [-0.39, 0.29) is 24.0 Å². The first kappa shape index (κ1) is 19.9. The molecule has 0 aliphatic carbocycles. The Morgan fingerprint density at radius 3 is 2.74 bits per heavy atom. The third-order valence-electron chi connectivity index (χ3n) is 3.17. The van der Waals surface area contributed by atoms with Crippen LogP contribution in [0, 0.1) is 6.92 Å². The molecule has 0 saturated heterocycles. The third kappa shape index (κ3) is 6.09. The van der Waals surface area contributed by atoms with E-state index < -0.39 is 0 Å². The zero-order valence-corrected chi connectivity index (χ0v) is 17.1. The Balaban J connectivity index is 0.00000264. The minimum absolute atomic E-state index is 0. The van der Waals surface area contributed by atoms with Crippen LogP contribution in [0.15, 0.2) is 21.1 Å². The highest BCUT2D eigenvalue weighted by Gasteiger charge is 2.08. The van der Waals surface area contributed by atoms with Crippen LogP contribution in [-0.4, -0.2) is 22.6 Å². The van der Waals surface area contributed by atoms with Gasteiger partial charge in [-0.3, -0.25) is 0 Å². The fourth-order valence-corrected chi connectivity index (χ4v) is 2.55. The summed E-state index contributed by atoms with van der Waals surface area (Å²) in [7, 11) is 0. The fraction of sp³-hybridized carbons (Fsp3) is 0.533. The molecule has 2 aromatic heterocycles. The van der Waals surface area contributed by atoms with Gasteiger partial charge in [-0.25, -0.2) is 9.98 Å². The molecule has 2 N–H and O–H groups in total. The van der Waals surface area contributed by atoms with Gasteiger partial charge >= 0.3 is 0 Å². The van der Waals surface area contributed by atoms with Gasteiger partial charge in [-0.15, -0.1) is 35.3 Å². The zero-order valence-electron chi connectivity index (χ0n) is 13.9. The van der Waals surface area contributed by atoms with Crippen LogP contribution in [0.1, 0.15) is 48.7 Å². The van der Waals surface area contributed by atoms with Gasteiger partial charge in [0.2, 0.25) is 0 Å². The fourth-order valence-electron chi connectivity index (χ4n) is 1.83. The average Bonchev–Trinajstić information content (AvgIpc) is 3.11. The van der Waals surface area contributed by atoms with Crippen molar-refractivity contribution < 1.29 is 4.52 Å². The predicted molar refractivity (Wildman–Crippen MR) is 105 cm³/mol. The molecule has 8 heteroatoms. The van der Waals surface area contributed by atoms with Crippen molar-refractivity contribution in [1.29, 1.82) is 0 Å². The highest BCUT2D eigenvalue weighted by Crippen LogP contribution is 2.14. The summed E-state index contributed by atoms with van der Waals surface area (Å²) in [5.41, 5.74) is 3.88. The second kappa shape index (κ2) is 9.86. The zero-order chi connectivity index (χ0) is 15.9. The quantitative estimate of drug-likeness (QED) is 0.402. The van der Waals surface area contributed by atoms with E-state index in [2.05, 4.69) is 39.6 Å². The molecule has 0 bridgehead atoms. The molecule has 0 saturated carbocycles. The number of hydrogen-bond donors (Lipinski definition) is 2. The standard InChI is InChI=1S/C15H23N5OS.HI/c1-5-16-15(18-8-14-11(4)19-9-22-14)17-7-12-6-13(10(2)3)20-21-12;/h6,9-10H,5,7-8H2,1-4H3,(H2,16,17,18);1H. The van der Waals surface area contributed by atoms with Crippen molar-refractivity contribution in [3.05, 3.63) is 33.6 Å². The number of aromatic nitrogens is 2. The van der Waals surface area contributed by atoms with E-state index >= 15 is 0 Å².